The highest BCUT2D eigenvalue weighted by molar-refractivity contribution is 5.87. The summed E-state index contributed by atoms with van der Waals surface area (Å²) in [7, 11) is 4.20. The zero-order chi connectivity index (χ0) is 17.7. The van der Waals surface area contributed by atoms with Gasteiger partial charge in [0.15, 0.2) is 0 Å². The molecule has 5 heteroatoms. The van der Waals surface area contributed by atoms with E-state index in [1.54, 1.807) is 0 Å². The van der Waals surface area contributed by atoms with E-state index >= 15 is 0 Å². The molecule has 1 saturated heterocycles. The standard InChI is InChI=1S/C20H24N2O3/c1-12-4-5-14-13(8-20(24)25-18(14)6-12)7-19(23)22-10-16-15(9-21(2)3)17(16)11-22/h4-6,8,15-17H,7,9-11H2,1-3H3/t15?,16-,17+. The third-order valence-corrected chi connectivity index (χ3v) is 5.63. The Labute approximate surface area is 147 Å². The van der Waals surface area contributed by atoms with Crippen LogP contribution in [0.25, 0.3) is 11.0 Å². The molecule has 2 fully saturated rings. The second-order valence-corrected chi connectivity index (χ2v) is 7.82. The maximum absolute atomic E-state index is 12.7. The van der Waals surface area contributed by atoms with E-state index < -0.39 is 5.63 Å². The average Bonchev–Trinajstić information content (AvgIpc) is 2.97. The molecule has 5 nitrogen and oxygen atoms in total. The summed E-state index contributed by atoms with van der Waals surface area (Å²) in [5.41, 5.74) is 1.97. The Morgan fingerprint density at radius 1 is 1.24 bits per heavy atom. The van der Waals surface area contributed by atoms with E-state index in [2.05, 4.69) is 19.0 Å². The molecular formula is C20H24N2O3. The lowest BCUT2D eigenvalue weighted by Gasteiger charge is -2.21. The van der Waals surface area contributed by atoms with Crippen molar-refractivity contribution in [1.82, 2.24) is 9.80 Å². The second kappa shape index (κ2) is 5.99. The maximum Gasteiger partial charge on any atom is 0.336 e. The number of carbonyl (C=O) groups excluding carboxylic acids is 1. The van der Waals surface area contributed by atoms with Gasteiger partial charge < -0.3 is 14.2 Å². The molecule has 3 atom stereocenters. The van der Waals surface area contributed by atoms with Gasteiger partial charge in [0.2, 0.25) is 5.91 Å². The average molecular weight is 340 g/mol. The molecule has 1 amide bonds. The topological polar surface area (TPSA) is 53.8 Å². The van der Waals surface area contributed by atoms with E-state index in [-0.39, 0.29) is 12.3 Å². The van der Waals surface area contributed by atoms with Gasteiger partial charge in [0, 0.05) is 31.1 Å². The number of nitrogens with zero attached hydrogens (tertiary/aromatic N) is 2. The summed E-state index contributed by atoms with van der Waals surface area (Å²) < 4.78 is 5.28. The van der Waals surface area contributed by atoms with E-state index in [0.29, 0.717) is 17.4 Å². The summed E-state index contributed by atoms with van der Waals surface area (Å²) in [5, 5.41) is 0.855. The van der Waals surface area contributed by atoms with Crippen LogP contribution in [0.15, 0.2) is 33.5 Å². The molecule has 0 bridgehead atoms. The number of hydrogen-bond donors (Lipinski definition) is 0. The maximum atomic E-state index is 12.7. The quantitative estimate of drug-likeness (QED) is 0.798. The minimum Gasteiger partial charge on any atom is -0.423 e. The van der Waals surface area contributed by atoms with Crippen LogP contribution in [0.3, 0.4) is 0 Å². The van der Waals surface area contributed by atoms with Crippen LogP contribution in [0, 0.1) is 24.7 Å². The van der Waals surface area contributed by atoms with Gasteiger partial charge in [-0.05, 0) is 56.0 Å². The number of aryl methyl sites for hydroxylation is 1. The summed E-state index contributed by atoms with van der Waals surface area (Å²) >= 11 is 0. The lowest BCUT2D eigenvalue weighted by molar-refractivity contribution is -0.130. The lowest BCUT2D eigenvalue weighted by atomic mass is 10.0. The zero-order valence-electron chi connectivity index (χ0n) is 15.0. The molecular weight excluding hydrogens is 316 g/mol. The fourth-order valence-corrected chi connectivity index (χ4v) is 4.30. The van der Waals surface area contributed by atoms with Gasteiger partial charge in [-0.15, -0.1) is 0 Å². The zero-order valence-corrected chi connectivity index (χ0v) is 15.0. The summed E-state index contributed by atoms with van der Waals surface area (Å²) in [6, 6.07) is 7.22. The predicted molar refractivity (Wildman–Crippen MR) is 96.5 cm³/mol. The van der Waals surface area contributed by atoms with Gasteiger partial charge in [-0.1, -0.05) is 12.1 Å². The first-order valence-corrected chi connectivity index (χ1v) is 8.88. The molecule has 0 radical (unpaired) electrons. The number of carbonyl (C=O) groups is 1. The molecule has 2 aromatic rings. The Hall–Kier alpha value is -2.14. The van der Waals surface area contributed by atoms with Crippen LogP contribution in [-0.2, 0) is 11.2 Å². The van der Waals surface area contributed by atoms with Crippen molar-refractivity contribution in [1.29, 1.82) is 0 Å². The fourth-order valence-electron chi connectivity index (χ4n) is 4.30. The molecule has 1 saturated carbocycles. The van der Waals surface area contributed by atoms with Crippen molar-refractivity contribution in [2.75, 3.05) is 33.7 Å². The number of piperidine rings is 1. The Morgan fingerprint density at radius 3 is 2.64 bits per heavy atom. The van der Waals surface area contributed by atoms with Crippen molar-refractivity contribution < 1.29 is 9.21 Å². The van der Waals surface area contributed by atoms with Crippen LogP contribution >= 0.6 is 0 Å². The summed E-state index contributed by atoms with van der Waals surface area (Å²) in [5.74, 6) is 2.17. The van der Waals surface area contributed by atoms with Gasteiger partial charge in [-0.25, -0.2) is 4.79 Å². The second-order valence-electron chi connectivity index (χ2n) is 7.82. The molecule has 1 unspecified atom stereocenters. The molecule has 4 rings (SSSR count). The highest BCUT2D eigenvalue weighted by Gasteiger charge is 2.56. The first kappa shape index (κ1) is 16.3. The van der Waals surface area contributed by atoms with Crippen LogP contribution in [0.2, 0.25) is 0 Å². The van der Waals surface area contributed by atoms with Gasteiger partial charge in [0.05, 0.1) is 6.42 Å². The molecule has 0 N–H and O–H groups in total. The van der Waals surface area contributed by atoms with Gasteiger partial charge in [-0.2, -0.15) is 0 Å². The molecule has 1 aliphatic carbocycles. The smallest absolute Gasteiger partial charge is 0.336 e. The van der Waals surface area contributed by atoms with E-state index in [0.717, 1.165) is 42.1 Å². The van der Waals surface area contributed by atoms with E-state index in [1.165, 1.54) is 6.07 Å². The molecule has 0 spiro atoms. The van der Waals surface area contributed by atoms with Gasteiger partial charge in [0.25, 0.3) is 0 Å². The molecule has 25 heavy (non-hydrogen) atoms. The third-order valence-electron chi connectivity index (χ3n) is 5.63. The van der Waals surface area contributed by atoms with Crippen LogP contribution in [0.5, 0.6) is 0 Å². The first-order valence-electron chi connectivity index (χ1n) is 8.88. The Balaban J connectivity index is 1.48. The highest BCUT2D eigenvalue weighted by Crippen LogP contribution is 2.51. The van der Waals surface area contributed by atoms with E-state index in [1.807, 2.05) is 30.0 Å². The Kier molecular flexibility index (Phi) is 3.91. The highest BCUT2D eigenvalue weighted by atomic mass is 16.4. The van der Waals surface area contributed by atoms with Crippen molar-refractivity contribution in [3.05, 3.63) is 45.8 Å². The summed E-state index contributed by atoms with van der Waals surface area (Å²) in [6.07, 6.45) is 0.267. The SMILES string of the molecule is Cc1ccc2c(CC(=O)N3C[C@@H]4C(CN(C)C)[C@@H]4C3)cc(=O)oc2c1. The Morgan fingerprint density at radius 2 is 1.96 bits per heavy atom. The number of fused-ring (bicyclic) bond motifs is 2. The van der Waals surface area contributed by atoms with Crippen LogP contribution in [0.1, 0.15) is 11.1 Å². The molecule has 132 valence electrons. The minimum absolute atomic E-state index is 0.114. The lowest BCUT2D eigenvalue weighted by Crippen LogP contribution is -2.34. The van der Waals surface area contributed by atoms with Gasteiger partial charge in [0.1, 0.15) is 5.58 Å². The molecule has 2 heterocycles. The number of hydrogen-bond acceptors (Lipinski definition) is 4. The van der Waals surface area contributed by atoms with Crippen molar-refractivity contribution in [3.8, 4) is 0 Å². The van der Waals surface area contributed by atoms with Crippen molar-refractivity contribution in [3.63, 3.8) is 0 Å². The number of rotatable bonds is 4. The molecule has 1 aromatic heterocycles. The number of likely N-dealkylation sites (tertiary alicyclic amines) is 1. The monoisotopic (exact) mass is 340 g/mol. The fraction of sp³-hybridized carbons (Fsp3) is 0.500. The van der Waals surface area contributed by atoms with E-state index in [9.17, 15) is 9.59 Å². The summed E-state index contributed by atoms with van der Waals surface area (Å²) in [6.45, 7) is 4.79. The number of amides is 1. The third kappa shape index (κ3) is 3.09. The van der Waals surface area contributed by atoms with E-state index in [4.69, 9.17) is 4.42 Å². The number of benzene rings is 1. The van der Waals surface area contributed by atoms with Crippen LogP contribution < -0.4 is 5.63 Å². The Bertz CT molecular complexity index is 874. The predicted octanol–water partition coefficient (Wildman–Crippen LogP) is 1.91. The van der Waals surface area contributed by atoms with Crippen LogP contribution in [-0.4, -0.2) is 49.4 Å². The first-order chi connectivity index (χ1) is 11.9. The van der Waals surface area contributed by atoms with Gasteiger partial charge >= 0.3 is 5.63 Å². The van der Waals surface area contributed by atoms with Gasteiger partial charge in [-0.3, -0.25) is 4.79 Å². The van der Waals surface area contributed by atoms with Crippen molar-refractivity contribution in [2.45, 2.75) is 13.3 Å². The van der Waals surface area contributed by atoms with Crippen LogP contribution in [0.4, 0.5) is 0 Å². The normalized spacial score (nSPS) is 24.8. The van der Waals surface area contributed by atoms with Crippen molar-refractivity contribution >= 4 is 16.9 Å². The summed E-state index contributed by atoms with van der Waals surface area (Å²) in [4.78, 5) is 28.7. The molecule has 2 aliphatic rings. The minimum atomic E-state index is -0.392. The van der Waals surface area contributed by atoms with Crippen molar-refractivity contribution in [2.24, 2.45) is 17.8 Å². The molecule has 1 aromatic carbocycles. The molecule has 1 aliphatic heterocycles. The largest absolute Gasteiger partial charge is 0.423 e.